The summed E-state index contributed by atoms with van der Waals surface area (Å²) in [5.74, 6) is -0.380. The van der Waals surface area contributed by atoms with Gasteiger partial charge in [0.15, 0.2) is 0 Å². The van der Waals surface area contributed by atoms with Crippen LogP contribution in [0.1, 0.15) is 37.0 Å². The molecular weight excluding hydrogens is 402 g/mol. The van der Waals surface area contributed by atoms with Crippen molar-refractivity contribution in [2.24, 2.45) is 5.73 Å². The summed E-state index contributed by atoms with van der Waals surface area (Å²) in [4.78, 5) is 18.9. The highest BCUT2D eigenvalue weighted by Gasteiger charge is 2.42. The van der Waals surface area contributed by atoms with E-state index in [2.05, 4.69) is 0 Å². The fraction of sp³-hybridized carbons (Fsp3) is 0.304. The molecule has 8 heteroatoms. The number of hydrogen-bond donors (Lipinski definition) is 2. The smallest absolute Gasteiger partial charge is 0.237 e. The molecule has 0 fully saturated rings. The summed E-state index contributed by atoms with van der Waals surface area (Å²) >= 11 is 0. The molecule has 1 atom stereocenters. The van der Waals surface area contributed by atoms with Crippen molar-refractivity contribution < 1.29 is 18.7 Å². The Balaban J connectivity index is 1.91. The molecule has 0 aliphatic carbocycles. The minimum Gasteiger partial charge on any atom is -0.382 e. The van der Waals surface area contributed by atoms with Crippen molar-refractivity contribution in [1.82, 2.24) is 14.5 Å². The lowest BCUT2D eigenvalue weighted by atomic mass is 9.98. The summed E-state index contributed by atoms with van der Waals surface area (Å²) in [6, 6.07) is 11.5. The topological polar surface area (TPSA) is 84.4 Å². The second-order valence-electron chi connectivity index (χ2n) is 8.09. The van der Waals surface area contributed by atoms with Crippen molar-refractivity contribution in [2.75, 3.05) is 13.1 Å². The molecule has 3 N–H and O–H groups in total. The number of nitrogens with zero attached hydrogens (tertiary/aromatic N) is 3. The zero-order valence-corrected chi connectivity index (χ0v) is 17.3. The molecule has 0 saturated carbocycles. The first-order valence-electron chi connectivity index (χ1n) is 10.0. The molecule has 2 heterocycles. The van der Waals surface area contributed by atoms with Crippen LogP contribution in [0.4, 0.5) is 8.78 Å². The molecule has 6 nitrogen and oxygen atoms in total. The third-order valence-electron chi connectivity index (χ3n) is 5.81. The molecule has 1 aliphatic rings. The first-order valence-corrected chi connectivity index (χ1v) is 10.0. The summed E-state index contributed by atoms with van der Waals surface area (Å²) in [6.07, 6.45) is -1.09. The Morgan fingerprint density at radius 1 is 1.10 bits per heavy atom. The van der Waals surface area contributed by atoms with Crippen molar-refractivity contribution >= 4 is 5.91 Å². The summed E-state index contributed by atoms with van der Waals surface area (Å²) in [5, 5.41) is 11.3. The van der Waals surface area contributed by atoms with Gasteiger partial charge in [-0.3, -0.25) is 4.79 Å². The Kier molecular flexibility index (Phi) is 5.36. The molecule has 4 rings (SSSR count). The zero-order valence-electron chi connectivity index (χ0n) is 17.3. The molecule has 1 aromatic heterocycles. The molecule has 1 amide bonds. The monoisotopic (exact) mass is 426 g/mol. The molecular formula is C23H24F2N4O2. The Morgan fingerprint density at radius 3 is 2.26 bits per heavy atom. The van der Waals surface area contributed by atoms with Gasteiger partial charge in [0, 0.05) is 18.7 Å². The maximum atomic E-state index is 13.5. The standard InChI is InChI=1S/C23H24F2N4O2/c1-23(2)22-27-19(14-3-7-16(24)8-4-14)20(21(31)15-5-9-17(25)10-6-15)28(22)11-12-29(23)18(30)13-26/h3-10,21,31H,11-13,26H2,1-2H3. The van der Waals surface area contributed by atoms with Crippen molar-refractivity contribution in [3.05, 3.63) is 77.2 Å². The van der Waals surface area contributed by atoms with Crippen LogP contribution in [-0.2, 0) is 16.9 Å². The van der Waals surface area contributed by atoms with Crippen molar-refractivity contribution in [2.45, 2.75) is 32.0 Å². The van der Waals surface area contributed by atoms with Crippen molar-refractivity contribution in [3.63, 3.8) is 0 Å². The predicted octanol–water partition coefficient (Wildman–Crippen LogP) is 2.95. The third kappa shape index (κ3) is 3.62. The van der Waals surface area contributed by atoms with E-state index in [1.807, 2.05) is 18.4 Å². The van der Waals surface area contributed by atoms with Crippen LogP contribution in [0.25, 0.3) is 11.3 Å². The number of halogens is 2. The van der Waals surface area contributed by atoms with E-state index in [9.17, 15) is 18.7 Å². The lowest BCUT2D eigenvalue weighted by Gasteiger charge is -2.42. The average molecular weight is 426 g/mol. The SMILES string of the molecule is CC1(C)c2nc(-c3ccc(F)cc3)c(C(O)c3ccc(F)cc3)n2CCN1C(=O)CN. The summed E-state index contributed by atoms with van der Waals surface area (Å²) in [7, 11) is 0. The van der Waals surface area contributed by atoms with Gasteiger partial charge in [-0.05, 0) is 55.8 Å². The number of hydrogen-bond acceptors (Lipinski definition) is 4. The number of carbonyl (C=O) groups is 1. The van der Waals surface area contributed by atoms with Crippen LogP contribution in [0.3, 0.4) is 0 Å². The number of aliphatic hydroxyl groups excluding tert-OH is 1. The van der Waals surface area contributed by atoms with E-state index in [0.29, 0.717) is 41.4 Å². The van der Waals surface area contributed by atoms with Gasteiger partial charge in [0.1, 0.15) is 23.6 Å². The van der Waals surface area contributed by atoms with E-state index in [0.717, 1.165) is 0 Å². The van der Waals surface area contributed by atoms with Crippen LogP contribution in [0.5, 0.6) is 0 Å². The van der Waals surface area contributed by atoms with E-state index in [4.69, 9.17) is 10.7 Å². The molecule has 1 aliphatic heterocycles. The van der Waals surface area contributed by atoms with E-state index in [1.54, 1.807) is 17.0 Å². The summed E-state index contributed by atoms with van der Waals surface area (Å²) in [6.45, 7) is 4.45. The number of imidazole rings is 1. The molecule has 162 valence electrons. The minimum absolute atomic E-state index is 0.111. The highest BCUT2D eigenvalue weighted by atomic mass is 19.1. The van der Waals surface area contributed by atoms with Crippen LogP contribution in [0, 0.1) is 11.6 Å². The maximum Gasteiger partial charge on any atom is 0.237 e. The van der Waals surface area contributed by atoms with Crippen LogP contribution < -0.4 is 5.73 Å². The van der Waals surface area contributed by atoms with Crippen molar-refractivity contribution in [3.8, 4) is 11.3 Å². The first kappa shape index (κ1) is 21.1. The van der Waals surface area contributed by atoms with E-state index in [-0.39, 0.29) is 18.3 Å². The number of nitrogens with two attached hydrogens (primary N) is 1. The Morgan fingerprint density at radius 2 is 1.68 bits per heavy atom. The van der Waals surface area contributed by atoms with Gasteiger partial charge in [-0.25, -0.2) is 13.8 Å². The first-order chi connectivity index (χ1) is 14.7. The lowest BCUT2D eigenvalue weighted by molar-refractivity contribution is -0.137. The molecule has 31 heavy (non-hydrogen) atoms. The third-order valence-corrected chi connectivity index (χ3v) is 5.81. The summed E-state index contributed by atoms with van der Waals surface area (Å²) < 4.78 is 28.8. The van der Waals surface area contributed by atoms with Crippen LogP contribution in [-0.4, -0.2) is 38.6 Å². The Hall–Kier alpha value is -3.10. The molecule has 0 spiro atoms. The van der Waals surface area contributed by atoms with Gasteiger partial charge >= 0.3 is 0 Å². The molecule has 0 radical (unpaired) electrons. The predicted molar refractivity (Wildman–Crippen MR) is 112 cm³/mol. The second-order valence-corrected chi connectivity index (χ2v) is 8.09. The molecule has 0 saturated heterocycles. The largest absolute Gasteiger partial charge is 0.382 e. The molecule has 1 unspecified atom stereocenters. The molecule has 2 aromatic carbocycles. The van der Waals surface area contributed by atoms with Gasteiger partial charge < -0.3 is 20.3 Å². The number of aliphatic hydroxyl groups is 1. The lowest BCUT2D eigenvalue weighted by Crippen LogP contribution is -2.53. The number of fused-ring (bicyclic) bond motifs is 1. The fourth-order valence-corrected chi connectivity index (χ4v) is 4.21. The van der Waals surface area contributed by atoms with Crippen LogP contribution in [0.15, 0.2) is 48.5 Å². The van der Waals surface area contributed by atoms with Gasteiger partial charge in [-0.1, -0.05) is 12.1 Å². The summed E-state index contributed by atoms with van der Waals surface area (Å²) in [5.41, 5.74) is 6.96. The van der Waals surface area contributed by atoms with Crippen LogP contribution in [0.2, 0.25) is 0 Å². The highest BCUT2D eigenvalue weighted by Crippen LogP contribution is 2.39. The Bertz CT molecular complexity index is 1110. The van der Waals surface area contributed by atoms with Gasteiger partial charge in [0.25, 0.3) is 0 Å². The zero-order chi connectivity index (χ0) is 22.3. The minimum atomic E-state index is -1.09. The maximum absolute atomic E-state index is 13.5. The van der Waals surface area contributed by atoms with E-state index in [1.165, 1.54) is 36.4 Å². The van der Waals surface area contributed by atoms with Gasteiger partial charge in [0.05, 0.1) is 23.5 Å². The molecule has 0 bridgehead atoms. The van der Waals surface area contributed by atoms with Gasteiger partial charge in [-0.2, -0.15) is 0 Å². The van der Waals surface area contributed by atoms with Crippen LogP contribution >= 0.6 is 0 Å². The fourth-order valence-electron chi connectivity index (χ4n) is 4.21. The number of rotatable bonds is 4. The Labute approximate surface area is 178 Å². The second kappa shape index (κ2) is 7.86. The van der Waals surface area contributed by atoms with Gasteiger partial charge in [0.2, 0.25) is 5.91 Å². The highest BCUT2D eigenvalue weighted by molar-refractivity contribution is 5.79. The van der Waals surface area contributed by atoms with Gasteiger partial charge in [-0.15, -0.1) is 0 Å². The van der Waals surface area contributed by atoms with E-state index < -0.39 is 17.5 Å². The average Bonchev–Trinajstić information content (AvgIpc) is 3.15. The van der Waals surface area contributed by atoms with E-state index >= 15 is 0 Å². The number of benzene rings is 2. The molecule has 3 aromatic rings. The number of amides is 1. The van der Waals surface area contributed by atoms with Crippen molar-refractivity contribution in [1.29, 1.82) is 0 Å². The normalized spacial score (nSPS) is 16.1. The quantitative estimate of drug-likeness (QED) is 0.672. The number of aromatic nitrogens is 2. The number of carbonyl (C=O) groups excluding carboxylic acids is 1.